The molecular weight excluding hydrogens is 474 g/mol. The van der Waals surface area contributed by atoms with Crippen LogP contribution in [0.4, 0.5) is 0 Å². The number of H-pyrrole nitrogens is 1. The number of nitrogens with one attached hydrogen (secondary N) is 1. The van der Waals surface area contributed by atoms with Gasteiger partial charge in [-0.2, -0.15) is 0 Å². The van der Waals surface area contributed by atoms with Gasteiger partial charge in [0.05, 0.1) is 27.4 Å². The minimum atomic E-state index is -3.73. The summed E-state index contributed by atoms with van der Waals surface area (Å²) in [5.74, 6) is 0.612. The van der Waals surface area contributed by atoms with E-state index in [0.29, 0.717) is 36.4 Å². The van der Waals surface area contributed by atoms with E-state index in [2.05, 4.69) is 14.9 Å². The van der Waals surface area contributed by atoms with Crippen molar-refractivity contribution in [2.45, 2.75) is 43.7 Å². The van der Waals surface area contributed by atoms with Crippen LogP contribution in [0.2, 0.25) is 0 Å². The van der Waals surface area contributed by atoms with Crippen molar-refractivity contribution < 1.29 is 8.42 Å². The van der Waals surface area contributed by atoms with Gasteiger partial charge >= 0.3 is 0 Å². The molecule has 0 saturated carbocycles. The van der Waals surface area contributed by atoms with E-state index in [1.807, 2.05) is 24.3 Å². The van der Waals surface area contributed by atoms with Gasteiger partial charge in [0, 0.05) is 44.2 Å². The van der Waals surface area contributed by atoms with Crippen LogP contribution in [-0.2, 0) is 29.5 Å². The lowest BCUT2D eigenvalue weighted by molar-refractivity contribution is 0.242. The minimum Gasteiger partial charge on any atom is -0.305 e. The quantitative estimate of drug-likeness (QED) is 0.451. The lowest BCUT2D eigenvalue weighted by Crippen LogP contribution is -2.36. The molecule has 9 heteroatoms. The average molecular weight is 502 g/mol. The predicted octanol–water partition coefficient (Wildman–Crippen LogP) is 3.49. The summed E-state index contributed by atoms with van der Waals surface area (Å²) in [6.45, 7) is 2.53. The number of benzene rings is 2. The van der Waals surface area contributed by atoms with Gasteiger partial charge in [0.2, 0.25) is 0 Å². The van der Waals surface area contributed by atoms with E-state index < -0.39 is 10.0 Å². The smallest absolute Gasteiger partial charge is 0.268 e. The third-order valence-corrected chi connectivity index (χ3v) is 8.69. The first kappa shape index (κ1) is 22.9. The highest BCUT2D eigenvalue weighted by Gasteiger charge is 2.25. The Kier molecular flexibility index (Phi) is 5.81. The summed E-state index contributed by atoms with van der Waals surface area (Å²) >= 11 is 0. The van der Waals surface area contributed by atoms with Crippen LogP contribution in [0, 0.1) is 0 Å². The van der Waals surface area contributed by atoms with Crippen LogP contribution in [0.15, 0.2) is 75.5 Å². The summed E-state index contributed by atoms with van der Waals surface area (Å²) in [7, 11) is -3.73. The van der Waals surface area contributed by atoms with Crippen molar-refractivity contribution in [3.63, 3.8) is 0 Å². The van der Waals surface area contributed by atoms with E-state index in [-0.39, 0.29) is 10.5 Å². The Balaban J connectivity index is 1.31. The Morgan fingerprint density at radius 1 is 0.972 bits per heavy atom. The molecule has 8 nitrogen and oxygen atoms in total. The molecule has 0 fully saturated rings. The van der Waals surface area contributed by atoms with Crippen molar-refractivity contribution in [3.8, 4) is 0 Å². The third-order valence-electron chi connectivity index (χ3n) is 7.00. The van der Waals surface area contributed by atoms with Crippen LogP contribution in [-0.4, -0.2) is 46.1 Å². The number of aromatic nitrogens is 3. The second-order valence-corrected chi connectivity index (χ2v) is 11.2. The summed E-state index contributed by atoms with van der Waals surface area (Å²) in [6, 6.07) is 16.0. The minimum absolute atomic E-state index is 0.109. The molecule has 0 spiro atoms. The van der Waals surface area contributed by atoms with Crippen molar-refractivity contribution in [2.24, 2.45) is 4.99 Å². The second kappa shape index (κ2) is 9.15. The van der Waals surface area contributed by atoms with Crippen molar-refractivity contribution in [2.75, 3.05) is 13.1 Å². The maximum Gasteiger partial charge on any atom is 0.268 e. The van der Waals surface area contributed by atoms with Crippen LogP contribution in [0.5, 0.6) is 0 Å². The van der Waals surface area contributed by atoms with Gasteiger partial charge in [-0.25, -0.2) is 17.4 Å². The molecule has 184 valence electrons. The number of rotatable bonds is 5. The monoisotopic (exact) mass is 501 g/mol. The molecule has 4 heterocycles. The molecule has 2 aliphatic heterocycles. The van der Waals surface area contributed by atoms with Crippen LogP contribution >= 0.6 is 0 Å². The van der Waals surface area contributed by atoms with E-state index >= 15 is 0 Å². The van der Waals surface area contributed by atoms with Gasteiger partial charge in [-0.15, -0.1) is 0 Å². The molecule has 0 aliphatic carbocycles. The summed E-state index contributed by atoms with van der Waals surface area (Å²) in [6.07, 6.45) is 5.39. The van der Waals surface area contributed by atoms with Gasteiger partial charge in [0.15, 0.2) is 5.82 Å². The van der Waals surface area contributed by atoms with Crippen molar-refractivity contribution in [1.29, 1.82) is 0 Å². The van der Waals surface area contributed by atoms with Gasteiger partial charge < -0.3 is 4.98 Å². The average Bonchev–Trinajstić information content (AvgIpc) is 3.29. The molecule has 0 saturated heterocycles. The molecule has 36 heavy (non-hydrogen) atoms. The third kappa shape index (κ3) is 4.08. The topological polar surface area (TPSA) is 100 Å². The Morgan fingerprint density at radius 3 is 2.58 bits per heavy atom. The van der Waals surface area contributed by atoms with E-state index in [4.69, 9.17) is 4.98 Å². The SMILES string of the molecule is O=c1[nH]c(C2=NCCCC2)nc2c1CN(Cc1cn(S(=O)(=O)c3ccccc3)c3ccccc13)CC2. The van der Waals surface area contributed by atoms with Crippen LogP contribution in [0.1, 0.15) is 41.9 Å². The zero-order valence-corrected chi connectivity index (χ0v) is 20.7. The molecule has 0 radical (unpaired) electrons. The lowest BCUT2D eigenvalue weighted by Gasteiger charge is -2.27. The number of aromatic amines is 1. The first-order valence-electron chi connectivity index (χ1n) is 12.3. The molecular formula is C27H27N5O3S. The molecule has 0 amide bonds. The first-order chi connectivity index (χ1) is 17.5. The molecule has 2 aliphatic rings. The van der Waals surface area contributed by atoms with Gasteiger partial charge in [0.1, 0.15) is 0 Å². The van der Waals surface area contributed by atoms with Crippen molar-refractivity contribution in [3.05, 3.63) is 93.8 Å². The number of fused-ring (bicyclic) bond motifs is 2. The maximum atomic E-state index is 13.4. The van der Waals surface area contributed by atoms with Gasteiger partial charge in [0.25, 0.3) is 15.6 Å². The lowest BCUT2D eigenvalue weighted by atomic mass is 10.0. The number of hydrogen-bond donors (Lipinski definition) is 1. The number of nitrogens with zero attached hydrogens (tertiary/aromatic N) is 4. The highest BCUT2D eigenvalue weighted by molar-refractivity contribution is 7.90. The second-order valence-electron chi connectivity index (χ2n) is 9.37. The highest BCUT2D eigenvalue weighted by atomic mass is 32.2. The zero-order valence-electron chi connectivity index (χ0n) is 19.9. The largest absolute Gasteiger partial charge is 0.305 e. The molecule has 1 N–H and O–H groups in total. The molecule has 2 aromatic heterocycles. The summed E-state index contributed by atoms with van der Waals surface area (Å²) in [5.41, 5.74) is 3.87. The summed E-state index contributed by atoms with van der Waals surface area (Å²) < 4.78 is 28.2. The van der Waals surface area contributed by atoms with Gasteiger partial charge in [-0.05, 0) is 43.0 Å². The van der Waals surface area contributed by atoms with E-state index in [0.717, 1.165) is 54.7 Å². The van der Waals surface area contributed by atoms with E-state index in [1.54, 1.807) is 36.5 Å². The molecule has 0 atom stereocenters. The van der Waals surface area contributed by atoms with Crippen LogP contribution in [0.25, 0.3) is 10.9 Å². The summed E-state index contributed by atoms with van der Waals surface area (Å²) in [5, 5.41) is 0.889. The number of aliphatic imine (C=N–C) groups is 1. The maximum absolute atomic E-state index is 13.4. The molecule has 2 aromatic carbocycles. The predicted molar refractivity (Wildman–Crippen MR) is 139 cm³/mol. The standard InChI is InChI=1S/C27H27N5O3S/c33-27-22-18-31(15-13-23(22)29-26(30-27)24-11-6-7-14-28-24)16-19-17-32(25-12-5-4-10-21(19)25)36(34,35)20-8-2-1-3-9-20/h1-5,8-10,12,17H,6-7,11,13-16,18H2,(H,29,30,33). The first-order valence-corrected chi connectivity index (χ1v) is 13.7. The number of para-hydroxylation sites is 1. The zero-order chi connectivity index (χ0) is 24.7. The Bertz CT molecular complexity index is 1640. The van der Waals surface area contributed by atoms with Crippen LogP contribution in [0.3, 0.4) is 0 Å². The fraction of sp³-hybridized carbons (Fsp3) is 0.296. The summed E-state index contributed by atoms with van der Waals surface area (Å²) in [4.78, 5) is 27.7. The highest BCUT2D eigenvalue weighted by Crippen LogP contribution is 2.28. The molecule has 6 rings (SSSR count). The Morgan fingerprint density at radius 2 is 1.78 bits per heavy atom. The number of hydrogen-bond acceptors (Lipinski definition) is 6. The van der Waals surface area contributed by atoms with Crippen LogP contribution < -0.4 is 5.56 Å². The van der Waals surface area contributed by atoms with E-state index in [9.17, 15) is 13.2 Å². The van der Waals surface area contributed by atoms with Crippen molar-refractivity contribution >= 4 is 26.6 Å². The van der Waals surface area contributed by atoms with E-state index in [1.165, 1.54) is 3.97 Å². The fourth-order valence-electron chi connectivity index (χ4n) is 5.13. The molecule has 0 bridgehead atoms. The fourth-order valence-corrected chi connectivity index (χ4v) is 6.55. The molecule has 0 unspecified atom stereocenters. The van der Waals surface area contributed by atoms with Gasteiger partial charge in [-0.1, -0.05) is 36.4 Å². The van der Waals surface area contributed by atoms with Gasteiger partial charge in [-0.3, -0.25) is 14.7 Å². The van der Waals surface area contributed by atoms with Crippen molar-refractivity contribution in [1.82, 2.24) is 18.8 Å². The molecule has 4 aromatic rings. The normalized spacial score (nSPS) is 16.6. The Hall–Kier alpha value is -3.56. The Labute approximate surface area is 209 Å².